The molecule has 3 atom stereocenters. The molecule has 1 aliphatic rings. The van der Waals surface area contributed by atoms with Crippen LogP contribution in [0.5, 0.6) is 0 Å². The molecule has 0 aromatic rings. The van der Waals surface area contributed by atoms with Gasteiger partial charge in [-0.25, -0.2) is 5.84 Å². The quantitative estimate of drug-likeness (QED) is 0.381. The maximum atomic E-state index is 11.3. The zero-order valence-electron chi connectivity index (χ0n) is 12.2. The number of unbranched alkanes of at least 4 members (excludes halogenated alkanes) is 1. The smallest absolute Gasteiger partial charge is 0.263 e. The third-order valence-corrected chi connectivity index (χ3v) is 3.74. The van der Waals surface area contributed by atoms with Crippen molar-refractivity contribution in [2.45, 2.75) is 64.6 Å². The van der Waals surface area contributed by atoms with Crippen LogP contribution in [-0.4, -0.2) is 31.3 Å². The molecule has 3 N–H and O–H groups in total. The van der Waals surface area contributed by atoms with E-state index in [1.165, 1.54) is 19.3 Å². The summed E-state index contributed by atoms with van der Waals surface area (Å²) in [6.07, 6.45) is 6.11. The maximum absolute atomic E-state index is 11.3. The van der Waals surface area contributed by atoms with Gasteiger partial charge in [0.2, 0.25) is 0 Å². The van der Waals surface area contributed by atoms with E-state index in [1.54, 1.807) is 0 Å². The van der Waals surface area contributed by atoms with E-state index in [0.717, 1.165) is 25.9 Å². The van der Waals surface area contributed by atoms with Crippen molar-refractivity contribution in [3.63, 3.8) is 0 Å². The Labute approximate surface area is 116 Å². The van der Waals surface area contributed by atoms with Gasteiger partial charge in [0, 0.05) is 6.61 Å². The summed E-state index contributed by atoms with van der Waals surface area (Å²) in [5.41, 5.74) is 2.13. The van der Waals surface area contributed by atoms with Gasteiger partial charge >= 0.3 is 0 Å². The lowest BCUT2D eigenvalue weighted by Crippen LogP contribution is -2.39. The summed E-state index contributed by atoms with van der Waals surface area (Å²) in [6.45, 7) is 5.79. The average Bonchev–Trinajstić information content (AvgIpc) is 2.90. The van der Waals surface area contributed by atoms with Gasteiger partial charge in [-0.05, 0) is 25.2 Å². The lowest BCUT2D eigenvalue weighted by molar-refractivity contribution is -0.133. The second kappa shape index (κ2) is 9.28. The van der Waals surface area contributed by atoms with Crippen molar-refractivity contribution in [2.75, 3.05) is 13.2 Å². The van der Waals surface area contributed by atoms with Crippen LogP contribution in [-0.2, 0) is 14.3 Å². The minimum atomic E-state index is -0.402. The van der Waals surface area contributed by atoms with E-state index in [9.17, 15) is 4.79 Å². The molecule has 0 aromatic carbocycles. The molecule has 0 aromatic heterocycles. The van der Waals surface area contributed by atoms with Crippen LogP contribution in [0.25, 0.3) is 0 Å². The molecule has 19 heavy (non-hydrogen) atoms. The van der Waals surface area contributed by atoms with Gasteiger partial charge in [0.1, 0.15) is 6.10 Å². The highest BCUT2D eigenvalue weighted by Gasteiger charge is 2.30. The van der Waals surface area contributed by atoms with E-state index in [2.05, 4.69) is 19.3 Å². The molecule has 112 valence electrons. The molecule has 1 heterocycles. The topological polar surface area (TPSA) is 73.6 Å². The Bertz CT molecular complexity index is 261. The van der Waals surface area contributed by atoms with Crippen LogP contribution in [0.15, 0.2) is 0 Å². The van der Waals surface area contributed by atoms with E-state index in [1.807, 2.05) is 0 Å². The van der Waals surface area contributed by atoms with E-state index in [4.69, 9.17) is 15.3 Å². The molecule has 1 aliphatic heterocycles. The van der Waals surface area contributed by atoms with Crippen LogP contribution in [0.2, 0.25) is 0 Å². The number of carbonyl (C=O) groups excluding carboxylic acids is 1. The second-order valence-electron chi connectivity index (χ2n) is 5.29. The number of hydrazine groups is 1. The Morgan fingerprint density at radius 3 is 2.89 bits per heavy atom. The minimum absolute atomic E-state index is 0.0333. The van der Waals surface area contributed by atoms with Gasteiger partial charge < -0.3 is 9.47 Å². The zero-order chi connectivity index (χ0) is 14.1. The summed E-state index contributed by atoms with van der Waals surface area (Å²) < 4.78 is 11.3. The predicted molar refractivity (Wildman–Crippen MR) is 74.4 cm³/mol. The molecular weight excluding hydrogens is 244 g/mol. The van der Waals surface area contributed by atoms with Gasteiger partial charge in [-0.15, -0.1) is 0 Å². The number of nitrogens with two attached hydrogens (primary N) is 1. The molecule has 1 rings (SSSR count). The number of carbonyl (C=O) groups is 1. The second-order valence-corrected chi connectivity index (χ2v) is 5.29. The number of ether oxygens (including phenoxy) is 2. The van der Waals surface area contributed by atoms with E-state index in [0.29, 0.717) is 12.5 Å². The molecule has 0 bridgehead atoms. The van der Waals surface area contributed by atoms with Crippen LogP contribution in [0, 0.1) is 5.92 Å². The molecule has 0 aliphatic carbocycles. The number of amides is 1. The number of rotatable bonds is 9. The molecular formula is C14H28N2O3. The first-order valence-corrected chi connectivity index (χ1v) is 7.44. The lowest BCUT2D eigenvalue weighted by Gasteiger charge is -2.17. The van der Waals surface area contributed by atoms with Crippen LogP contribution in [0.1, 0.15) is 52.4 Å². The summed E-state index contributed by atoms with van der Waals surface area (Å²) in [7, 11) is 0. The fourth-order valence-corrected chi connectivity index (χ4v) is 2.38. The van der Waals surface area contributed by atoms with Crippen LogP contribution in [0.3, 0.4) is 0 Å². The SMILES string of the molecule is CCCCC(CC)COCC1CCC(C(=O)NN)O1. The van der Waals surface area contributed by atoms with E-state index in [-0.39, 0.29) is 12.0 Å². The van der Waals surface area contributed by atoms with Crippen molar-refractivity contribution in [2.24, 2.45) is 11.8 Å². The summed E-state index contributed by atoms with van der Waals surface area (Å²) in [5, 5.41) is 0. The minimum Gasteiger partial charge on any atom is -0.378 e. The Kier molecular flexibility index (Phi) is 8.02. The third kappa shape index (κ3) is 5.89. The average molecular weight is 272 g/mol. The van der Waals surface area contributed by atoms with Gasteiger partial charge in [0.25, 0.3) is 5.91 Å². The van der Waals surface area contributed by atoms with Crippen LogP contribution in [0.4, 0.5) is 0 Å². The van der Waals surface area contributed by atoms with Crippen LogP contribution >= 0.6 is 0 Å². The molecule has 5 nitrogen and oxygen atoms in total. The third-order valence-electron chi connectivity index (χ3n) is 3.74. The standard InChI is InChI=1S/C14H28N2O3/c1-3-5-6-11(4-2)9-18-10-12-7-8-13(19-12)14(17)16-15/h11-13H,3-10,15H2,1-2H3,(H,16,17). The molecule has 5 heteroatoms. The highest BCUT2D eigenvalue weighted by Crippen LogP contribution is 2.20. The first-order valence-electron chi connectivity index (χ1n) is 7.44. The first-order chi connectivity index (χ1) is 9.21. The maximum Gasteiger partial charge on any atom is 0.263 e. The van der Waals surface area contributed by atoms with Crippen molar-refractivity contribution in [1.29, 1.82) is 0 Å². The Morgan fingerprint density at radius 2 is 2.26 bits per heavy atom. The summed E-state index contributed by atoms with van der Waals surface area (Å²) >= 11 is 0. The van der Waals surface area contributed by atoms with Gasteiger partial charge in [-0.2, -0.15) is 0 Å². The highest BCUT2D eigenvalue weighted by atomic mass is 16.5. The molecule has 0 spiro atoms. The normalized spacial score (nSPS) is 24.4. The van der Waals surface area contributed by atoms with Crippen molar-refractivity contribution < 1.29 is 14.3 Å². The first kappa shape index (κ1) is 16.4. The monoisotopic (exact) mass is 272 g/mol. The van der Waals surface area contributed by atoms with E-state index >= 15 is 0 Å². The summed E-state index contributed by atoms with van der Waals surface area (Å²) in [4.78, 5) is 11.3. The summed E-state index contributed by atoms with van der Waals surface area (Å²) in [6, 6.07) is 0. The zero-order valence-corrected chi connectivity index (χ0v) is 12.2. The fourth-order valence-electron chi connectivity index (χ4n) is 2.38. The largest absolute Gasteiger partial charge is 0.378 e. The molecule has 0 saturated carbocycles. The summed E-state index contributed by atoms with van der Waals surface area (Å²) in [5.74, 6) is 5.49. The molecule has 3 unspecified atom stereocenters. The number of nitrogens with one attached hydrogen (secondary N) is 1. The van der Waals surface area contributed by atoms with Gasteiger partial charge in [0.15, 0.2) is 0 Å². The molecule has 1 amide bonds. The Morgan fingerprint density at radius 1 is 1.47 bits per heavy atom. The predicted octanol–water partition coefficient (Wildman–Crippen LogP) is 1.76. The molecule has 1 saturated heterocycles. The highest BCUT2D eigenvalue weighted by molar-refractivity contribution is 5.80. The van der Waals surface area contributed by atoms with Crippen molar-refractivity contribution in [1.82, 2.24) is 5.43 Å². The van der Waals surface area contributed by atoms with Crippen molar-refractivity contribution >= 4 is 5.91 Å². The van der Waals surface area contributed by atoms with Gasteiger partial charge in [-0.3, -0.25) is 10.2 Å². The Balaban J connectivity index is 2.14. The van der Waals surface area contributed by atoms with Crippen molar-refractivity contribution in [3.05, 3.63) is 0 Å². The van der Waals surface area contributed by atoms with E-state index < -0.39 is 6.10 Å². The number of hydrogen-bond donors (Lipinski definition) is 2. The molecule has 0 radical (unpaired) electrons. The Hall–Kier alpha value is -0.650. The van der Waals surface area contributed by atoms with Crippen LogP contribution < -0.4 is 11.3 Å². The number of hydrogen-bond acceptors (Lipinski definition) is 4. The lowest BCUT2D eigenvalue weighted by atomic mass is 10.0. The van der Waals surface area contributed by atoms with Crippen molar-refractivity contribution in [3.8, 4) is 0 Å². The molecule has 1 fully saturated rings. The fraction of sp³-hybridized carbons (Fsp3) is 0.929. The van der Waals surface area contributed by atoms with Gasteiger partial charge in [-0.1, -0.05) is 33.1 Å². The van der Waals surface area contributed by atoms with Gasteiger partial charge in [0.05, 0.1) is 12.7 Å².